The molecule has 1 aliphatic rings. The molecule has 8 nitrogen and oxygen atoms in total. The number of allylic oxidation sites excluding steroid dienone is 1. The Bertz CT molecular complexity index is 979. The van der Waals surface area contributed by atoms with Crippen LogP contribution in [-0.4, -0.2) is 65.6 Å². The van der Waals surface area contributed by atoms with E-state index in [1.54, 1.807) is 58.8 Å². The van der Waals surface area contributed by atoms with Crippen LogP contribution in [0.15, 0.2) is 36.1 Å². The first-order valence-corrected chi connectivity index (χ1v) is 10.3. The van der Waals surface area contributed by atoms with Gasteiger partial charge in [-0.25, -0.2) is 0 Å². The summed E-state index contributed by atoms with van der Waals surface area (Å²) >= 11 is 0. The Morgan fingerprint density at radius 3 is 2.34 bits per heavy atom. The van der Waals surface area contributed by atoms with Gasteiger partial charge in [-0.05, 0) is 30.3 Å². The largest absolute Gasteiger partial charge is 0.507 e. The van der Waals surface area contributed by atoms with Crippen LogP contribution in [0.2, 0.25) is 0 Å². The van der Waals surface area contributed by atoms with E-state index in [1.165, 1.54) is 6.07 Å². The van der Waals surface area contributed by atoms with Gasteiger partial charge >= 0.3 is 0 Å². The number of aromatic hydroxyl groups is 1. The number of ketones is 1. The minimum Gasteiger partial charge on any atom is -0.507 e. The highest BCUT2D eigenvalue weighted by molar-refractivity contribution is 6.15. The van der Waals surface area contributed by atoms with Crippen LogP contribution in [0.1, 0.15) is 21.5 Å². The first-order chi connectivity index (χ1) is 15.5. The van der Waals surface area contributed by atoms with Gasteiger partial charge in [0.2, 0.25) is 5.78 Å². The average molecular weight is 445 g/mol. The van der Waals surface area contributed by atoms with E-state index >= 15 is 0 Å². The molecular formula is C24H30NO7+. The van der Waals surface area contributed by atoms with Crippen LogP contribution in [-0.2, 0) is 16.0 Å². The molecule has 0 amide bonds. The van der Waals surface area contributed by atoms with Crippen molar-refractivity contribution in [3.05, 3.63) is 52.8 Å². The van der Waals surface area contributed by atoms with Crippen molar-refractivity contribution in [2.24, 2.45) is 0 Å². The summed E-state index contributed by atoms with van der Waals surface area (Å²) in [4.78, 5) is 14.2. The molecule has 0 saturated carbocycles. The van der Waals surface area contributed by atoms with Gasteiger partial charge in [0.1, 0.15) is 36.9 Å². The molecule has 1 aliphatic heterocycles. The normalized spacial score (nSPS) is 14.0. The van der Waals surface area contributed by atoms with Gasteiger partial charge in [-0.1, -0.05) is 0 Å². The number of carbonyl (C=O) groups excluding carboxylic acids is 1. The first kappa shape index (κ1) is 23.6. The van der Waals surface area contributed by atoms with Crippen LogP contribution in [0.25, 0.3) is 6.08 Å². The number of benzene rings is 2. The Morgan fingerprint density at radius 1 is 1.00 bits per heavy atom. The number of fused-ring (bicyclic) bond motifs is 1. The molecule has 0 unspecified atom stereocenters. The van der Waals surface area contributed by atoms with Crippen LogP contribution in [0, 0.1) is 0 Å². The predicted octanol–water partition coefficient (Wildman–Crippen LogP) is 1.70. The lowest BCUT2D eigenvalue weighted by molar-refractivity contribution is -0.914. The highest BCUT2D eigenvalue weighted by Crippen LogP contribution is 2.39. The van der Waals surface area contributed by atoms with Crippen LogP contribution in [0.5, 0.6) is 23.0 Å². The lowest BCUT2D eigenvalue weighted by Gasteiger charge is -2.20. The van der Waals surface area contributed by atoms with Crippen molar-refractivity contribution < 1.29 is 38.5 Å². The van der Waals surface area contributed by atoms with Crippen LogP contribution in [0.4, 0.5) is 0 Å². The van der Waals surface area contributed by atoms with Crippen molar-refractivity contribution in [1.82, 2.24) is 0 Å². The molecule has 0 spiro atoms. The van der Waals surface area contributed by atoms with Crippen LogP contribution >= 0.6 is 0 Å². The van der Waals surface area contributed by atoms with Gasteiger partial charge in [0.05, 0.1) is 38.6 Å². The number of hydrogen-bond acceptors (Lipinski definition) is 7. The van der Waals surface area contributed by atoms with Crippen molar-refractivity contribution in [3.63, 3.8) is 0 Å². The second kappa shape index (κ2) is 11.0. The lowest BCUT2D eigenvalue weighted by atomic mass is 10.0. The molecule has 32 heavy (non-hydrogen) atoms. The maximum atomic E-state index is 13.0. The fourth-order valence-electron chi connectivity index (χ4n) is 3.59. The number of phenolic OH excluding ortho intramolecular Hbond substituents is 1. The third kappa shape index (κ3) is 5.21. The fourth-order valence-corrected chi connectivity index (χ4v) is 3.59. The van der Waals surface area contributed by atoms with E-state index in [9.17, 15) is 9.90 Å². The Labute approximate surface area is 187 Å². The zero-order valence-electron chi connectivity index (χ0n) is 18.9. The Kier molecular flexibility index (Phi) is 8.10. The molecule has 0 fully saturated rings. The zero-order chi connectivity index (χ0) is 23.1. The molecule has 1 heterocycles. The minimum absolute atomic E-state index is 0.0900. The summed E-state index contributed by atoms with van der Waals surface area (Å²) in [7, 11) is 6.43. The van der Waals surface area contributed by atoms with Gasteiger partial charge in [-0.15, -0.1) is 0 Å². The Hall–Kier alpha value is -3.07. The highest BCUT2D eigenvalue weighted by Gasteiger charge is 2.32. The summed E-state index contributed by atoms with van der Waals surface area (Å²) in [6.07, 6.45) is 1.64. The van der Waals surface area contributed by atoms with Gasteiger partial charge in [-0.2, -0.15) is 0 Å². The zero-order valence-corrected chi connectivity index (χ0v) is 18.9. The number of carbonyl (C=O) groups is 1. The maximum absolute atomic E-state index is 13.0. The summed E-state index contributed by atoms with van der Waals surface area (Å²) in [5.41, 5.74) is 1.69. The number of hydrogen-bond donors (Lipinski definition) is 2. The first-order valence-electron chi connectivity index (χ1n) is 10.3. The molecule has 2 aromatic carbocycles. The molecule has 0 atom stereocenters. The second-order valence-electron chi connectivity index (χ2n) is 7.40. The monoisotopic (exact) mass is 444 g/mol. The number of rotatable bonds is 11. The van der Waals surface area contributed by atoms with Crippen molar-refractivity contribution >= 4 is 11.9 Å². The molecule has 3 rings (SSSR count). The van der Waals surface area contributed by atoms with Crippen LogP contribution in [0.3, 0.4) is 0 Å². The Balaban J connectivity index is 1.92. The number of methoxy groups -OCH3 is 4. The third-order valence-corrected chi connectivity index (χ3v) is 5.39. The predicted molar refractivity (Wildman–Crippen MR) is 119 cm³/mol. The smallest absolute Gasteiger partial charge is 0.231 e. The summed E-state index contributed by atoms with van der Waals surface area (Å²) in [5.74, 6) is 1.61. The van der Waals surface area contributed by atoms with Gasteiger partial charge in [0.25, 0.3) is 0 Å². The van der Waals surface area contributed by atoms with E-state index in [-0.39, 0.29) is 17.3 Å². The number of ether oxygens (including phenoxy) is 5. The molecule has 8 heteroatoms. The summed E-state index contributed by atoms with van der Waals surface area (Å²) in [6.45, 7) is 3.05. The summed E-state index contributed by atoms with van der Waals surface area (Å²) < 4.78 is 27.1. The number of phenols is 1. The van der Waals surface area contributed by atoms with E-state index in [4.69, 9.17) is 23.7 Å². The molecule has 0 aromatic heterocycles. The summed E-state index contributed by atoms with van der Waals surface area (Å²) in [6, 6.07) is 8.45. The molecule has 0 aliphatic carbocycles. The van der Waals surface area contributed by atoms with Crippen molar-refractivity contribution in [2.75, 3.05) is 54.7 Å². The number of quaternary nitrogens is 1. The quantitative estimate of drug-likeness (QED) is 0.510. The molecule has 2 N–H and O–H groups in total. The molecule has 0 bridgehead atoms. The SMILES string of the molecule is COCC[NH+](CCOC)Cc1c(O)ccc2c1O/C(=C\c1ccc(OC)cc1OC)C2=O. The third-order valence-electron chi connectivity index (χ3n) is 5.39. The van der Waals surface area contributed by atoms with Crippen molar-refractivity contribution in [3.8, 4) is 23.0 Å². The molecule has 0 radical (unpaired) electrons. The van der Waals surface area contributed by atoms with Gasteiger partial charge in [-0.3, -0.25) is 4.79 Å². The van der Waals surface area contributed by atoms with Crippen molar-refractivity contribution in [2.45, 2.75) is 6.54 Å². The lowest BCUT2D eigenvalue weighted by Crippen LogP contribution is -3.11. The van der Waals surface area contributed by atoms with Crippen molar-refractivity contribution in [1.29, 1.82) is 0 Å². The average Bonchev–Trinajstić information content (AvgIpc) is 3.12. The molecular weight excluding hydrogens is 414 g/mol. The van der Waals surface area contributed by atoms with Gasteiger partial charge in [0.15, 0.2) is 11.5 Å². The second-order valence-corrected chi connectivity index (χ2v) is 7.40. The van der Waals surface area contributed by atoms with Crippen LogP contribution < -0.4 is 19.1 Å². The minimum atomic E-state index is -0.241. The number of Topliss-reactive ketones (excluding diaryl/α,β-unsaturated/α-hetero) is 1. The molecule has 172 valence electrons. The topological polar surface area (TPSA) is 87.9 Å². The van der Waals surface area contributed by atoms with E-state index in [0.717, 1.165) is 18.0 Å². The standard InChI is InChI=1S/C24H29NO7/c1-28-11-9-25(10-12-29-2)15-19-20(26)8-7-18-23(27)22(32-24(18)19)13-16-5-6-17(30-3)14-21(16)31-4/h5-8,13-14,26H,9-12,15H2,1-4H3/p+1/b22-13-. The summed E-state index contributed by atoms with van der Waals surface area (Å²) in [5, 5.41) is 10.6. The van der Waals surface area contributed by atoms with E-state index in [2.05, 4.69) is 0 Å². The fraction of sp³-hybridized carbons (Fsp3) is 0.375. The highest BCUT2D eigenvalue weighted by atomic mass is 16.5. The van der Waals surface area contributed by atoms with E-state index in [1.807, 2.05) is 0 Å². The van der Waals surface area contributed by atoms with E-state index < -0.39 is 0 Å². The molecule has 0 saturated heterocycles. The Morgan fingerprint density at radius 2 is 1.72 bits per heavy atom. The van der Waals surface area contributed by atoms with E-state index in [0.29, 0.717) is 53.7 Å². The molecule has 2 aromatic rings. The van der Waals surface area contributed by atoms with Gasteiger partial charge in [0, 0.05) is 25.8 Å². The van der Waals surface area contributed by atoms with Gasteiger partial charge < -0.3 is 33.7 Å². The number of nitrogens with one attached hydrogen (secondary N) is 1. The maximum Gasteiger partial charge on any atom is 0.231 e.